The molecular weight excluding hydrogens is 458 g/mol. The standard InChI is InChI=1S/C30H61N7/c1-29(2)17-13-15-25(23-29)36(27(31)32)21-11-7-5-9-19-35-20-10-6-8-12-22-37(28(33)34)26-16-14-18-30(3,4)24-26/h25-26,35H,5-24H2,1-4H3,(H3,31,32)(H3,33,34). The van der Waals surface area contributed by atoms with Gasteiger partial charge in [-0.25, -0.2) is 0 Å². The first kappa shape index (κ1) is 31.7. The SMILES string of the molecule is CC1(C)CCCC(N(CCCCCCNCCCCCCN(C(=N)N)C2CCCC(C)(C)C2)C(=N)N)C1. The molecule has 7 N–H and O–H groups in total. The van der Waals surface area contributed by atoms with Crippen molar-refractivity contribution in [1.29, 1.82) is 10.8 Å². The Kier molecular flexibility index (Phi) is 13.5. The van der Waals surface area contributed by atoms with Crippen molar-refractivity contribution in [1.82, 2.24) is 15.1 Å². The normalized spacial score (nSPS) is 22.9. The fourth-order valence-corrected chi connectivity index (χ4v) is 6.74. The van der Waals surface area contributed by atoms with Crippen LogP contribution in [0, 0.1) is 21.6 Å². The van der Waals surface area contributed by atoms with Crippen LogP contribution < -0.4 is 16.8 Å². The third-order valence-corrected chi connectivity index (χ3v) is 8.86. The van der Waals surface area contributed by atoms with E-state index in [0.29, 0.717) is 22.9 Å². The van der Waals surface area contributed by atoms with Crippen LogP contribution >= 0.6 is 0 Å². The second kappa shape index (κ2) is 15.8. The molecule has 37 heavy (non-hydrogen) atoms. The van der Waals surface area contributed by atoms with Crippen molar-refractivity contribution in [3.8, 4) is 0 Å². The van der Waals surface area contributed by atoms with Gasteiger partial charge in [0.2, 0.25) is 0 Å². The topological polar surface area (TPSA) is 118 Å². The Morgan fingerprint density at radius 2 is 1.05 bits per heavy atom. The van der Waals surface area contributed by atoms with Crippen molar-refractivity contribution in [2.24, 2.45) is 22.3 Å². The molecule has 2 aliphatic carbocycles. The number of unbranched alkanes of at least 4 members (excludes halogenated alkanes) is 6. The summed E-state index contributed by atoms with van der Waals surface area (Å²) in [4.78, 5) is 4.34. The Bertz CT molecular complexity index is 619. The third-order valence-electron chi connectivity index (χ3n) is 8.86. The highest BCUT2D eigenvalue weighted by atomic mass is 15.3. The van der Waals surface area contributed by atoms with Gasteiger partial charge >= 0.3 is 0 Å². The van der Waals surface area contributed by atoms with Crippen LogP contribution in [0.15, 0.2) is 0 Å². The molecule has 7 nitrogen and oxygen atoms in total. The van der Waals surface area contributed by atoms with E-state index in [1.165, 1.54) is 77.0 Å². The predicted molar refractivity (Wildman–Crippen MR) is 159 cm³/mol. The predicted octanol–water partition coefficient (Wildman–Crippen LogP) is 6.03. The van der Waals surface area contributed by atoms with Gasteiger partial charge in [0.15, 0.2) is 11.9 Å². The van der Waals surface area contributed by atoms with Gasteiger partial charge in [-0.1, -0.05) is 66.2 Å². The Morgan fingerprint density at radius 3 is 1.41 bits per heavy atom. The van der Waals surface area contributed by atoms with Crippen LogP contribution in [-0.2, 0) is 0 Å². The summed E-state index contributed by atoms with van der Waals surface area (Å²) in [6.07, 6.45) is 19.4. The Hall–Kier alpha value is -1.50. The van der Waals surface area contributed by atoms with E-state index in [1.807, 2.05) is 0 Å². The van der Waals surface area contributed by atoms with Crippen LogP contribution in [0.5, 0.6) is 0 Å². The van der Waals surface area contributed by atoms with Gasteiger partial charge in [0, 0.05) is 25.2 Å². The average molecular weight is 520 g/mol. The van der Waals surface area contributed by atoms with Crippen LogP contribution in [0.2, 0.25) is 0 Å². The summed E-state index contributed by atoms with van der Waals surface area (Å²) >= 11 is 0. The van der Waals surface area contributed by atoms with E-state index in [1.54, 1.807) is 0 Å². The first-order valence-corrected chi connectivity index (χ1v) is 15.4. The first-order valence-electron chi connectivity index (χ1n) is 15.4. The summed E-state index contributed by atoms with van der Waals surface area (Å²) in [7, 11) is 0. The van der Waals surface area contributed by atoms with E-state index in [4.69, 9.17) is 22.3 Å². The molecule has 2 atom stereocenters. The van der Waals surface area contributed by atoms with Crippen molar-refractivity contribution in [2.45, 2.75) is 143 Å². The lowest BCUT2D eigenvalue weighted by atomic mass is 9.74. The molecule has 2 aliphatic rings. The molecule has 2 saturated carbocycles. The maximum Gasteiger partial charge on any atom is 0.188 e. The summed E-state index contributed by atoms with van der Waals surface area (Å²) < 4.78 is 0. The number of hydrogen-bond acceptors (Lipinski definition) is 3. The Labute approximate surface area is 228 Å². The van der Waals surface area contributed by atoms with Gasteiger partial charge < -0.3 is 26.6 Å². The van der Waals surface area contributed by atoms with Crippen LogP contribution in [-0.4, -0.2) is 60.0 Å². The molecule has 2 fully saturated rings. The minimum absolute atomic E-state index is 0.260. The molecule has 2 unspecified atom stereocenters. The summed E-state index contributed by atoms with van der Waals surface area (Å²) in [5.74, 6) is 0.521. The van der Waals surface area contributed by atoms with E-state index < -0.39 is 0 Å². The zero-order chi connectivity index (χ0) is 27.3. The summed E-state index contributed by atoms with van der Waals surface area (Å²) in [6.45, 7) is 13.5. The average Bonchev–Trinajstić information content (AvgIpc) is 2.79. The molecule has 0 saturated heterocycles. The van der Waals surface area contributed by atoms with Crippen molar-refractivity contribution in [3.05, 3.63) is 0 Å². The number of guanidine groups is 2. The van der Waals surface area contributed by atoms with Crippen LogP contribution in [0.25, 0.3) is 0 Å². The van der Waals surface area contributed by atoms with E-state index in [-0.39, 0.29) is 11.9 Å². The van der Waals surface area contributed by atoms with Gasteiger partial charge in [0.05, 0.1) is 0 Å². The fraction of sp³-hybridized carbons (Fsp3) is 0.933. The van der Waals surface area contributed by atoms with Crippen molar-refractivity contribution in [3.63, 3.8) is 0 Å². The highest BCUT2D eigenvalue weighted by Crippen LogP contribution is 2.38. The number of nitrogens with two attached hydrogens (primary N) is 2. The van der Waals surface area contributed by atoms with Crippen molar-refractivity contribution in [2.75, 3.05) is 26.2 Å². The fourth-order valence-electron chi connectivity index (χ4n) is 6.74. The minimum Gasteiger partial charge on any atom is -0.370 e. The van der Waals surface area contributed by atoms with E-state index in [0.717, 1.165) is 51.9 Å². The van der Waals surface area contributed by atoms with Crippen LogP contribution in [0.1, 0.15) is 130 Å². The second-order valence-corrected chi connectivity index (χ2v) is 13.6. The molecule has 0 heterocycles. The first-order chi connectivity index (χ1) is 17.5. The van der Waals surface area contributed by atoms with Crippen LogP contribution in [0.4, 0.5) is 0 Å². The zero-order valence-corrected chi connectivity index (χ0v) is 24.8. The second-order valence-electron chi connectivity index (χ2n) is 13.6. The maximum absolute atomic E-state index is 8.05. The van der Waals surface area contributed by atoms with E-state index in [2.05, 4.69) is 42.8 Å². The molecule has 0 spiro atoms. The molecule has 0 radical (unpaired) electrons. The lowest BCUT2D eigenvalue weighted by Gasteiger charge is -2.41. The van der Waals surface area contributed by atoms with Gasteiger partial charge in [0.1, 0.15) is 0 Å². The maximum atomic E-state index is 8.05. The summed E-state index contributed by atoms with van der Waals surface area (Å²) in [6, 6.07) is 0.903. The molecule has 0 aromatic carbocycles. The molecule has 0 bridgehead atoms. The largest absolute Gasteiger partial charge is 0.370 e. The Morgan fingerprint density at radius 1 is 0.676 bits per heavy atom. The number of nitrogens with one attached hydrogen (secondary N) is 3. The molecule has 7 heteroatoms. The van der Waals surface area contributed by atoms with Crippen molar-refractivity contribution < 1.29 is 0 Å². The Balaban J connectivity index is 1.46. The van der Waals surface area contributed by atoms with Crippen LogP contribution in [0.3, 0.4) is 0 Å². The summed E-state index contributed by atoms with van der Waals surface area (Å²) in [5.41, 5.74) is 12.7. The minimum atomic E-state index is 0.260. The van der Waals surface area contributed by atoms with Gasteiger partial charge in [-0.15, -0.1) is 0 Å². The summed E-state index contributed by atoms with van der Waals surface area (Å²) in [5, 5.41) is 19.7. The monoisotopic (exact) mass is 519 g/mol. The third kappa shape index (κ3) is 12.3. The van der Waals surface area contributed by atoms with E-state index in [9.17, 15) is 0 Å². The zero-order valence-electron chi connectivity index (χ0n) is 24.8. The number of nitrogens with zero attached hydrogens (tertiary/aromatic N) is 2. The quantitative estimate of drug-likeness (QED) is 0.0970. The molecule has 216 valence electrons. The molecule has 2 rings (SSSR count). The molecule has 0 aromatic heterocycles. The van der Waals surface area contributed by atoms with Gasteiger partial charge in [0.25, 0.3) is 0 Å². The van der Waals surface area contributed by atoms with Crippen molar-refractivity contribution >= 4 is 11.9 Å². The molecule has 0 amide bonds. The molecule has 0 aromatic rings. The smallest absolute Gasteiger partial charge is 0.188 e. The highest BCUT2D eigenvalue weighted by Gasteiger charge is 2.32. The van der Waals surface area contributed by atoms with Gasteiger partial charge in [-0.2, -0.15) is 0 Å². The molecular formula is C30H61N7. The number of rotatable bonds is 16. The van der Waals surface area contributed by atoms with E-state index >= 15 is 0 Å². The lowest BCUT2D eigenvalue weighted by Crippen LogP contribution is -2.47. The highest BCUT2D eigenvalue weighted by molar-refractivity contribution is 5.75. The molecule has 0 aliphatic heterocycles. The van der Waals surface area contributed by atoms with Gasteiger partial charge in [-0.3, -0.25) is 10.8 Å². The number of hydrogen-bond donors (Lipinski definition) is 5. The van der Waals surface area contributed by atoms with Gasteiger partial charge in [-0.05, 0) is 88.1 Å². The lowest BCUT2D eigenvalue weighted by molar-refractivity contribution is 0.139.